The molecule has 7 heteroatoms. The minimum absolute atomic E-state index is 0. The molecule has 4 rings (SSSR count). The van der Waals surface area contributed by atoms with Crippen molar-refractivity contribution in [3.63, 3.8) is 0 Å². The van der Waals surface area contributed by atoms with Crippen LogP contribution in [0.3, 0.4) is 0 Å². The first-order valence-corrected chi connectivity index (χ1v) is 11.9. The second kappa shape index (κ2) is 13.8. The highest BCUT2D eigenvalue weighted by molar-refractivity contribution is 5.85. The summed E-state index contributed by atoms with van der Waals surface area (Å²) in [5.74, 6) is 2.11. The molecule has 0 aromatic heterocycles. The van der Waals surface area contributed by atoms with E-state index in [0.29, 0.717) is 11.5 Å². The number of benzene rings is 3. The SMILES string of the molecule is COc1ccc(CN2CCN(Cc3ccc(-c4ccc(C)cc4)cc3C)CC2)c(OC)c1OC.Cl.Cl. The zero-order valence-electron chi connectivity index (χ0n) is 21.9. The predicted octanol–water partition coefficient (Wildman–Crippen LogP) is 6.16. The van der Waals surface area contributed by atoms with Gasteiger partial charge in [-0.15, -0.1) is 24.8 Å². The first-order valence-electron chi connectivity index (χ1n) is 11.9. The maximum atomic E-state index is 5.67. The van der Waals surface area contributed by atoms with Crippen LogP contribution in [0, 0.1) is 13.8 Å². The summed E-state index contributed by atoms with van der Waals surface area (Å²) in [6, 6.07) is 19.7. The fourth-order valence-electron chi connectivity index (χ4n) is 4.67. The van der Waals surface area contributed by atoms with Gasteiger partial charge in [0.1, 0.15) is 0 Å². The molecule has 0 N–H and O–H groups in total. The Morgan fingerprint density at radius 2 is 1.14 bits per heavy atom. The second-order valence-electron chi connectivity index (χ2n) is 9.05. The van der Waals surface area contributed by atoms with Gasteiger partial charge in [-0.25, -0.2) is 0 Å². The summed E-state index contributed by atoms with van der Waals surface area (Å²) >= 11 is 0. The van der Waals surface area contributed by atoms with Crippen LogP contribution in [-0.2, 0) is 13.1 Å². The molecule has 0 unspecified atom stereocenters. The number of piperazine rings is 1. The highest BCUT2D eigenvalue weighted by Crippen LogP contribution is 2.40. The fourth-order valence-corrected chi connectivity index (χ4v) is 4.67. The Morgan fingerprint density at radius 1 is 0.611 bits per heavy atom. The molecule has 0 radical (unpaired) electrons. The summed E-state index contributed by atoms with van der Waals surface area (Å²) in [7, 11) is 4.98. The van der Waals surface area contributed by atoms with Crippen molar-refractivity contribution in [3.05, 3.63) is 76.9 Å². The van der Waals surface area contributed by atoms with Crippen LogP contribution in [0.2, 0.25) is 0 Å². The number of aryl methyl sites for hydroxylation is 2. The minimum atomic E-state index is 0. The van der Waals surface area contributed by atoms with Gasteiger partial charge in [0.05, 0.1) is 21.3 Å². The number of nitrogens with zero attached hydrogens (tertiary/aromatic N) is 2. The van der Waals surface area contributed by atoms with Gasteiger partial charge in [0, 0.05) is 44.8 Å². The molecule has 1 aliphatic rings. The van der Waals surface area contributed by atoms with Gasteiger partial charge in [-0.1, -0.05) is 54.1 Å². The molecule has 36 heavy (non-hydrogen) atoms. The third kappa shape index (κ3) is 6.86. The van der Waals surface area contributed by atoms with Crippen LogP contribution < -0.4 is 14.2 Å². The summed E-state index contributed by atoms with van der Waals surface area (Å²) in [6.45, 7) is 10.3. The van der Waals surface area contributed by atoms with Crippen LogP contribution in [0.4, 0.5) is 0 Å². The Morgan fingerprint density at radius 3 is 1.67 bits per heavy atom. The molecule has 3 aromatic carbocycles. The Hall–Kier alpha value is -2.44. The van der Waals surface area contributed by atoms with Crippen LogP contribution in [0.5, 0.6) is 17.2 Å². The minimum Gasteiger partial charge on any atom is -0.493 e. The second-order valence-corrected chi connectivity index (χ2v) is 9.05. The summed E-state index contributed by atoms with van der Waals surface area (Å²) in [6.07, 6.45) is 0. The Balaban J connectivity index is 0.00000228. The summed E-state index contributed by atoms with van der Waals surface area (Å²) in [5, 5.41) is 0. The van der Waals surface area contributed by atoms with Crippen LogP contribution in [0.15, 0.2) is 54.6 Å². The molecular weight excluding hydrogens is 495 g/mol. The van der Waals surface area contributed by atoms with Gasteiger partial charge in [-0.2, -0.15) is 0 Å². The van der Waals surface area contributed by atoms with Crippen LogP contribution in [0.25, 0.3) is 11.1 Å². The first-order chi connectivity index (χ1) is 16.5. The molecule has 0 spiro atoms. The Labute approximate surface area is 228 Å². The van der Waals surface area contributed by atoms with Crippen molar-refractivity contribution in [2.24, 2.45) is 0 Å². The molecular formula is C29H38Cl2N2O3. The lowest BCUT2D eigenvalue weighted by atomic mass is 9.99. The lowest BCUT2D eigenvalue weighted by Crippen LogP contribution is -2.45. The molecule has 0 aliphatic carbocycles. The maximum Gasteiger partial charge on any atom is 0.203 e. The quantitative estimate of drug-likeness (QED) is 0.347. The number of hydrogen-bond donors (Lipinski definition) is 0. The van der Waals surface area contributed by atoms with Crippen molar-refractivity contribution in [2.75, 3.05) is 47.5 Å². The van der Waals surface area contributed by atoms with Gasteiger partial charge in [0.2, 0.25) is 5.75 Å². The van der Waals surface area contributed by atoms with Gasteiger partial charge in [-0.3, -0.25) is 9.80 Å². The van der Waals surface area contributed by atoms with Crippen LogP contribution >= 0.6 is 24.8 Å². The van der Waals surface area contributed by atoms with Crippen LogP contribution in [-0.4, -0.2) is 57.3 Å². The van der Waals surface area contributed by atoms with E-state index >= 15 is 0 Å². The third-order valence-electron chi connectivity index (χ3n) is 6.77. The summed E-state index contributed by atoms with van der Waals surface area (Å²) in [4.78, 5) is 5.03. The average molecular weight is 534 g/mol. The van der Waals surface area contributed by atoms with E-state index < -0.39 is 0 Å². The topological polar surface area (TPSA) is 34.2 Å². The number of halogens is 2. The Bertz CT molecular complexity index is 1110. The van der Waals surface area contributed by atoms with E-state index in [4.69, 9.17) is 14.2 Å². The van der Waals surface area contributed by atoms with Gasteiger partial charge >= 0.3 is 0 Å². The first kappa shape index (κ1) is 29.8. The lowest BCUT2D eigenvalue weighted by Gasteiger charge is -2.35. The molecule has 1 fully saturated rings. The third-order valence-corrected chi connectivity index (χ3v) is 6.77. The summed E-state index contributed by atoms with van der Waals surface area (Å²) < 4.78 is 16.6. The van der Waals surface area contributed by atoms with Crippen molar-refractivity contribution >= 4 is 24.8 Å². The molecule has 5 nitrogen and oxygen atoms in total. The zero-order chi connectivity index (χ0) is 24.1. The van der Waals surface area contributed by atoms with E-state index in [1.807, 2.05) is 6.07 Å². The maximum absolute atomic E-state index is 5.67. The molecule has 196 valence electrons. The van der Waals surface area contributed by atoms with E-state index in [1.165, 1.54) is 27.8 Å². The van der Waals surface area contributed by atoms with Gasteiger partial charge < -0.3 is 14.2 Å². The van der Waals surface area contributed by atoms with E-state index in [1.54, 1.807) is 21.3 Å². The van der Waals surface area contributed by atoms with Crippen molar-refractivity contribution in [1.29, 1.82) is 0 Å². The van der Waals surface area contributed by atoms with Gasteiger partial charge in [-0.05, 0) is 42.2 Å². The average Bonchev–Trinajstić information content (AvgIpc) is 2.86. The monoisotopic (exact) mass is 532 g/mol. The largest absolute Gasteiger partial charge is 0.493 e. The molecule has 1 saturated heterocycles. The van der Waals surface area contributed by atoms with Crippen molar-refractivity contribution in [3.8, 4) is 28.4 Å². The number of hydrogen-bond acceptors (Lipinski definition) is 5. The molecule has 0 saturated carbocycles. The standard InChI is InChI=1S/C29H36N2O3.2ClH/c1-21-6-8-23(9-7-21)24-10-11-25(22(2)18-24)19-30-14-16-31(17-15-30)20-26-12-13-27(32-3)29(34-5)28(26)33-4;;/h6-13,18H,14-17,19-20H2,1-5H3;2*1H. The Kier molecular flexibility index (Phi) is 11.4. The summed E-state index contributed by atoms with van der Waals surface area (Å²) in [5.41, 5.74) is 7.74. The van der Waals surface area contributed by atoms with E-state index in [0.717, 1.165) is 50.6 Å². The molecule has 0 amide bonds. The van der Waals surface area contributed by atoms with Crippen LogP contribution in [0.1, 0.15) is 22.3 Å². The van der Waals surface area contributed by atoms with Crippen molar-refractivity contribution < 1.29 is 14.2 Å². The number of rotatable bonds is 8. The molecule has 3 aromatic rings. The normalized spacial score (nSPS) is 13.9. The number of methoxy groups -OCH3 is 3. The van der Waals surface area contributed by atoms with Gasteiger partial charge in [0.25, 0.3) is 0 Å². The van der Waals surface area contributed by atoms with E-state index in [-0.39, 0.29) is 24.8 Å². The fraction of sp³-hybridized carbons (Fsp3) is 0.379. The smallest absolute Gasteiger partial charge is 0.203 e. The predicted molar refractivity (Wildman–Crippen MR) is 152 cm³/mol. The van der Waals surface area contributed by atoms with Crippen molar-refractivity contribution in [2.45, 2.75) is 26.9 Å². The molecule has 0 bridgehead atoms. The molecule has 1 heterocycles. The molecule has 0 atom stereocenters. The highest BCUT2D eigenvalue weighted by Gasteiger charge is 2.21. The lowest BCUT2D eigenvalue weighted by molar-refractivity contribution is 0.121. The van der Waals surface area contributed by atoms with Crippen molar-refractivity contribution in [1.82, 2.24) is 9.80 Å². The van der Waals surface area contributed by atoms with E-state index in [2.05, 4.69) is 72.2 Å². The molecule has 1 aliphatic heterocycles. The zero-order valence-corrected chi connectivity index (χ0v) is 23.5. The van der Waals surface area contributed by atoms with Gasteiger partial charge in [0.15, 0.2) is 11.5 Å². The highest BCUT2D eigenvalue weighted by atomic mass is 35.5. The number of ether oxygens (including phenoxy) is 3. The van der Waals surface area contributed by atoms with E-state index in [9.17, 15) is 0 Å².